The molecule has 1 aromatic rings. The summed E-state index contributed by atoms with van der Waals surface area (Å²) in [6.07, 6.45) is 3.35. The smallest absolute Gasteiger partial charge is 0.251 e. The largest absolute Gasteiger partial charge is 0.370 e. The van der Waals surface area contributed by atoms with E-state index in [9.17, 15) is 4.79 Å². The van der Waals surface area contributed by atoms with Crippen LogP contribution in [0.1, 0.15) is 50.4 Å². The summed E-state index contributed by atoms with van der Waals surface area (Å²) >= 11 is 5.99. The average Bonchev–Trinajstić information content (AvgIpc) is 2.37. The molecule has 0 aromatic carbocycles. The Morgan fingerprint density at radius 3 is 2.57 bits per heavy atom. The van der Waals surface area contributed by atoms with E-state index in [1.165, 1.54) is 6.42 Å². The summed E-state index contributed by atoms with van der Waals surface area (Å²) < 4.78 is 0. The highest BCUT2D eigenvalue weighted by atomic mass is 35.5. The van der Waals surface area contributed by atoms with E-state index in [0.717, 1.165) is 19.4 Å². The van der Waals surface area contributed by atoms with Crippen LogP contribution in [0.5, 0.6) is 0 Å². The molecule has 2 rings (SSSR count). The Bertz CT molecular complexity index is 496. The van der Waals surface area contributed by atoms with E-state index in [-0.39, 0.29) is 11.9 Å². The number of hydrogen-bond donors (Lipinski definition) is 2. The van der Waals surface area contributed by atoms with Gasteiger partial charge in [-0.2, -0.15) is 0 Å². The van der Waals surface area contributed by atoms with Crippen LogP contribution >= 0.6 is 11.6 Å². The zero-order valence-corrected chi connectivity index (χ0v) is 13.7. The lowest BCUT2D eigenvalue weighted by atomic mass is 9.80. The van der Waals surface area contributed by atoms with Crippen LogP contribution in [0.4, 0.5) is 5.82 Å². The molecule has 1 amide bonds. The maximum atomic E-state index is 12.4. The van der Waals surface area contributed by atoms with Gasteiger partial charge < -0.3 is 10.6 Å². The first kappa shape index (κ1) is 16.1. The standard InChI is InChI=1S/C16H24ClN3O/c1-4-18-15-9-12(8-14(17)20-15)16(21)19-13-6-10(2)5-11(3)7-13/h8-11,13H,4-7H2,1-3H3,(H,18,20)(H,19,21). The molecule has 0 saturated heterocycles. The minimum Gasteiger partial charge on any atom is -0.370 e. The van der Waals surface area contributed by atoms with Gasteiger partial charge in [0.15, 0.2) is 0 Å². The fourth-order valence-electron chi connectivity index (χ4n) is 3.23. The second-order valence-electron chi connectivity index (χ2n) is 6.18. The Hall–Kier alpha value is -1.29. The Balaban J connectivity index is 2.06. The van der Waals surface area contributed by atoms with Crippen molar-refractivity contribution in [1.29, 1.82) is 0 Å². The van der Waals surface area contributed by atoms with Gasteiger partial charge in [0.2, 0.25) is 0 Å². The molecule has 5 heteroatoms. The van der Waals surface area contributed by atoms with E-state index in [2.05, 4.69) is 29.5 Å². The Kier molecular flexibility index (Phi) is 5.45. The quantitative estimate of drug-likeness (QED) is 0.833. The molecule has 1 aliphatic carbocycles. The molecule has 1 aromatic heterocycles. The molecule has 4 nitrogen and oxygen atoms in total. The number of nitrogens with one attached hydrogen (secondary N) is 2. The Morgan fingerprint density at radius 2 is 1.95 bits per heavy atom. The van der Waals surface area contributed by atoms with Gasteiger partial charge >= 0.3 is 0 Å². The van der Waals surface area contributed by atoms with Crippen LogP contribution in [0.25, 0.3) is 0 Å². The summed E-state index contributed by atoms with van der Waals surface area (Å²) in [4.78, 5) is 16.6. The van der Waals surface area contributed by atoms with E-state index in [1.54, 1.807) is 12.1 Å². The van der Waals surface area contributed by atoms with Gasteiger partial charge in [0.25, 0.3) is 5.91 Å². The van der Waals surface area contributed by atoms with Crippen LogP contribution in [0, 0.1) is 11.8 Å². The van der Waals surface area contributed by atoms with Crippen molar-refractivity contribution in [2.75, 3.05) is 11.9 Å². The lowest BCUT2D eigenvalue weighted by Crippen LogP contribution is -2.40. The predicted octanol–water partition coefficient (Wildman–Crippen LogP) is 3.72. The van der Waals surface area contributed by atoms with Crippen molar-refractivity contribution in [1.82, 2.24) is 10.3 Å². The van der Waals surface area contributed by atoms with E-state index >= 15 is 0 Å². The third-order valence-electron chi connectivity index (χ3n) is 3.93. The SMILES string of the molecule is CCNc1cc(C(=O)NC2CC(C)CC(C)C2)cc(Cl)n1. The van der Waals surface area contributed by atoms with Crippen molar-refractivity contribution in [2.45, 2.75) is 46.1 Å². The molecule has 21 heavy (non-hydrogen) atoms. The van der Waals surface area contributed by atoms with Gasteiger partial charge in [0.1, 0.15) is 11.0 Å². The van der Waals surface area contributed by atoms with E-state index in [1.807, 2.05) is 6.92 Å². The van der Waals surface area contributed by atoms with Crippen LogP contribution in [0.3, 0.4) is 0 Å². The summed E-state index contributed by atoms with van der Waals surface area (Å²) in [6.45, 7) is 7.22. The number of hydrogen-bond acceptors (Lipinski definition) is 3. The number of carbonyl (C=O) groups is 1. The first-order valence-corrected chi connectivity index (χ1v) is 8.08. The summed E-state index contributed by atoms with van der Waals surface area (Å²) in [5.74, 6) is 1.90. The van der Waals surface area contributed by atoms with Gasteiger partial charge in [-0.1, -0.05) is 25.4 Å². The topological polar surface area (TPSA) is 54.0 Å². The maximum Gasteiger partial charge on any atom is 0.251 e. The number of amides is 1. The van der Waals surface area contributed by atoms with Crippen molar-refractivity contribution >= 4 is 23.3 Å². The molecule has 1 heterocycles. The molecule has 0 spiro atoms. The number of halogens is 1. The van der Waals surface area contributed by atoms with Crippen molar-refractivity contribution in [3.63, 3.8) is 0 Å². The summed E-state index contributed by atoms with van der Waals surface area (Å²) in [7, 11) is 0. The molecule has 116 valence electrons. The number of pyridine rings is 1. The second-order valence-corrected chi connectivity index (χ2v) is 6.57. The monoisotopic (exact) mass is 309 g/mol. The highest BCUT2D eigenvalue weighted by molar-refractivity contribution is 6.29. The summed E-state index contributed by atoms with van der Waals surface area (Å²) in [5, 5.41) is 6.56. The highest BCUT2D eigenvalue weighted by Gasteiger charge is 2.25. The van der Waals surface area contributed by atoms with Gasteiger partial charge in [0.05, 0.1) is 0 Å². The van der Waals surface area contributed by atoms with Crippen LogP contribution < -0.4 is 10.6 Å². The van der Waals surface area contributed by atoms with Crippen molar-refractivity contribution < 1.29 is 4.79 Å². The zero-order valence-electron chi connectivity index (χ0n) is 12.9. The van der Waals surface area contributed by atoms with Crippen LogP contribution in [0.2, 0.25) is 5.15 Å². The molecule has 2 unspecified atom stereocenters. The summed E-state index contributed by atoms with van der Waals surface area (Å²) in [6, 6.07) is 3.62. The number of anilines is 1. The van der Waals surface area contributed by atoms with Gasteiger partial charge in [-0.15, -0.1) is 0 Å². The molecule has 1 saturated carbocycles. The molecule has 1 fully saturated rings. The third kappa shape index (κ3) is 4.60. The van der Waals surface area contributed by atoms with Crippen molar-refractivity contribution in [2.24, 2.45) is 11.8 Å². The van der Waals surface area contributed by atoms with Crippen molar-refractivity contribution in [3.8, 4) is 0 Å². The Labute approximate surface area is 131 Å². The normalized spacial score (nSPS) is 25.4. The molecule has 2 N–H and O–H groups in total. The average molecular weight is 310 g/mol. The lowest BCUT2D eigenvalue weighted by molar-refractivity contribution is 0.0911. The fourth-order valence-corrected chi connectivity index (χ4v) is 3.44. The zero-order chi connectivity index (χ0) is 15.4. The highest BCUT2D eigenvalue weighted by Crippen LogP contribution is 2.28. The van der Waals surface area contributed by atoms with Gasteiger partial charge in [-0.3, -0.25) is 4.79 Å². The van der Waals surface area contributed by atoms with E-state index in [0.29, 0.717) is 28.4 Å². The third-order valence-corrected chi connectivity index (χ3v) is 4.12. The lowest BCUT2D eigenvalue weighted by Gasteiger charge is -2.32. The molecule has 0 bridgehead atoms. The first-order valence-electron chi connectivity index (χ1n) is 7.70. The number of rotatable bonds is 4. The van der Waals surface area contributed by atoms with Gasteiger partial charge in [-0.25, -0.2) is 4.98 Å². The molecule has 0 radical (unpaired) electrons. The van der Waals surface area contributed by atoms with Gasteiger partial charge in [0, 0.05) is 18.2 Å². The minimum atomic E-state index is -0.0650. The molecule has 1 aliphatic rings. The minimum absolute atomic E-state index is 0.0650. The fraction of sp³-hybridized carbons (Fsp3) is 0.625. The van der Waals surface area contributed by atoms with Crippen LogP contribution in [-0.4, -0.2) is 23.5 Å². The van der Waals surface area contributed by atoms with E-state index in [4.69, 9.17) is 11.6 Å². The molecular formula is C16H24ClN3O. The van der Waals surface area contributed by atoms with Crippen molar-refractivity contribution in [3.05, 3.63) is 22.8 Å². The number of nitrogens with zero attached hydrogens (tertiary/aromatic N) is 1. The van der Waals surface area contributed by atoms with Gasteiger partial charge in [-0.05, 0) is 50.2 Å². The Morgan fingerprint density at radius 1 is 1.29 bits per heavy atom. The first-order chi connectivity index (χ1) is 9.97. The number of carbonyl (C=O) groups excluding carboxylic acids is 1. The number of aromatic nitrogens is 1. The predicted molar refractivity (Wildman–Crippen MR) is 86.8 cm³/mol. The van der Waals surface area contributed by atoms with Crippen LogP contribution in [0.15, 0.2) is 12.1 Å². The molecular weight excluding hydrogens is 286 g/mol. The molecule has 2 atom stereocenters. The van der Waals surface area contributed by atoms with Crippen LogP contribution in [-0.2, 0) is 0 Å². The summed E-state index contributed by atoms with van der Waals surface area (Å²) in [5.41, 5.74) is 0.567. The maximum absolute atomic E-state index is 12.4. The van der Waals surface area contributed by atoms with E-state index < -0.39 is 0 Å². The molecule has 0 aliphatic heterocycles. The second kappa shape index (κ2) is 7.12.